The lowest BCUT2D eigenvalue weighted by Gasteiger charge is -2.38. The molecule has 3 aromatic rings. The maximum Gasteiger partial charge on any atom is 0.160 e. The Morgan fingerprint density at radius 1 is 0.872 bits per heavy atom. The predicted octanol–water partition coefficient (Wildman–Crippen LogP) is 5.58. The number of aryl methyl sites for hydroxylation is 2. The van der Waals surface area contributed by atoms with Gasteiger partial charge in [0.2, 0.25) is 0 Å². The van der Waals surface area contributed by atoms with Crippen molar-refractivity contribution in [3.63, 3.8) is 0 Å². The number of allylic oxidation sites excluding steroid dienone is 1. The maximum absolute atomic E-state index is 5.29. The minimum atomic E-state index is 0.196. The predicted molar refractivity (Wildman–Crippen MR) is 161 cm³/mol. The Morgan fingerprint density at radius 3 is 2.44 bits per heavy atom. The minimum Gasteiger partial charge on any atom is -0.377 e. The number of nitrogens with zero attached hydrogens (tertiary/aromatic N) is 7. The first-order chi connectivity index (χ1) is 18.8. The molecule has 206 valence electrons. The van der Waals surface area contributed by atoms with Crippen LogP contribution in [-0.2, 0) is 6.42 Å². The molecule has 0 spiro atoms. The summed E-state index contributed by atoms with van der Waals surface area (Å²) in [5.41, 5.74) is 9.42. The van der Waals surface area contributed by atoms with Crippen LogP contribution in [0.4, 0.5) is 11.6 Å². The zero-order valence-corrected chi connectivity index (χ0v) is 24.2. The van der Waals surface area contributed by atoms with Gasteiger partial charge in [0.15, 0.2) is 5.65 Å². The van der Waals surface area contributed by atoms with Crippen LogP contribution in [0.5, 0.6) is 0 Å². The Balaban J connectivity index is 1.51. The molecular formula is C32H43N7. The Kier molecular flexibility index (Phi) is 6.77. The average molecular weight is 526 g/mol. The fourth-order valence-electron chi connectivity index (χ4n) is 6.45. The van der Waals surface area contributed by atoms with Gasteiger partial charge >= 0.3 is 0 Å². The molecule has 1 unspecified atom stereocenters. The first-order valence-corrected chi connectivity index (χ1v) is 14.6. The highest BCUT2D eigenvalue weighted by molar-refractivity contribution is 5.68. The van der Waals surface area contributed by atoms with Crippen LogP contribution in [0.15, 0.2) is 43.1 Å². The second kappa shape index (κ2) is 10.2. The van der Waals surface area contributed by atoms with Crippen LogP contribution in [0, 0.1) is 13.8 Å². The van der Waals surface area contributed by atoms with Crippen molar-refractivity contribution in [2.45, 2.75) is 58.4 Å². The van der Waals surface area contributed by atoms with Gasteiger partial charge in [-0.05, 0) is 64.0 Å². The van der Waals surface area contributed by atoms with Crippen molar-refractivity contribution in [2.24, 2.45) is 0 Å². The van der Waals surface area contributed by atoms with Gasteiger partial charge in [0.1, 0.15) is 11.6 Å². The third-order valence-corrected chi connectivity index (χ3v) is 9.08. The highest BCUT2D eigenvalue weighted by atomic mass is 15.4. The number of hydrogen-bond acceptors (Lipinski definition) is 6. The van der Waals surface area contributed by atoms with Gasteiger partial charge < -0.3 is 19.6 Å². The van der Waals surface area contributed by atoms with Crippen molar-refractivity contribution >= 4 is 23.0 Å². The van der Waals surface area contributed by atoms with Crippen molar-refractivity contribution in [3.8, 4) is 0 Å². The Hall–Kier alpha value is -3.48. The van der Waals surface area contributed by atoms with E-state index in [4.69, 9.17) is 16.7 Å². The maximum atomic E-state index is 5.29. The summed E-state index contributed by atoms with van der Waals surface area (Å²) >= 11 is 0. The number of hydrogen-bond donors (Lipinski definition) is 0. The van der Waals surface area contributed by atoms with E-state index in [1.54, 1.807) is 0 Å². The van der Waals surface area contributed by atoms with Crippen LogP contribution in [0.1, 0.15) is 66.1 Å². The molecule has 2 aromatic heterocycles. The molecular weight excluding hydrogens is 482 g/mol. The molecule has 2 fully saturated rings. The van der Waals surface area contributed by atoms with Crippen LogP contribution in [-0.4, -0.2) is 71.2 Å². The van der Waals surface area contributed by atoms with Crippen molar-refractivity contribution in [2.75, 3.05) is 56.6 Å². The topological polar surface area (TPSA) is 43.2 Å². The van der Waals surface area contributed by atoms with Crippen LogP contribution >= 0.6 is 0 Å². The average Bonchev–Trinajstić information content (AvgIpc) is 3.32. The lowest BCUT2D eigenvalue weighted by atomic mass is 9.93. The summed E-state index contributed by atoms with van der Waals surface area (Å²) in [6, 6.07) is 9.27. The van der Waals surface area contributed by atoms with Crippen LogP contribution < -0.4 is 9.80 Å². The first kappa shape index (κ1) is 25.8. The van der Waals surface area contributed by atoms with Crippen LogP contribution in [0.25, 0.3) is 11.3 Å². The molecule has 7 heteroatoms. The van der Waals surface area contributed by atoms with Gasteiger partial charge in [-0.1, -0.05) is 30.9 Å². The number of aromatic nitrogens is 3. The third-order valence-electron chi connectivity index (χ3n) is 9.08. The van der Waals surface area contributed by atoms with E-state index in [1.165, 1.54) is 47.2 Å². The minimum absolute atomic E-state index is 0.196. The van der Waals surface area contributed by atoms with E-state index in [0.717, 1.165) is 80.7 Å². The summed E-state index contributed by atoms with van der Waals surface area (Å²) in [6.45, 7) is 18.5. The van der Waals surface area contributed by atoms with Gasteiger partial charge in [-0.2, -0.15) is 9.61 Å². The van der Waals surface area contributed by atoms with E-state index >= 15 is 0 Å². The Labute approximate surface area is 233 Å². The second-order valence-corrected chi connectivity index (χ2v) is 11.8. The highest BCUT2D eigenvalue weighted by Crippen LogP contribution is 2.39. The van der Waals surface area contributed by atoms with E-state index in [2.05, 4.69) is 82.9 Å². The molecule has 7 nitrogen and oxygen atoms in total. The summed E-state index contributed by atoms with van der Waals surface area (Å²) in [6.07, 6.45) is 6.58. The number of fused-ring (bicyclic) bond motifs is 4. The molecule has 0 radical (unpaired) electrons. The van der Waals surface area contributed by atoms with Crippen molar-refractivity contribution < 1.29 is 0 Å². The van der Waals surface area contributed by atoms with Gasteiger partial charge in [0.25, 0.3) is 0 Å². The molecule has 39 heavy (non-hydrogen) atoms. The van der Waals surface area contributed by atoms with Gasteiger partial charge in [0, 0.05) is 75.4 Å². The molecule has 0 aliphatic carbocycles. The summed E-state index contributed by atoms with van der Waals surface area (Å²) < 4.78 is 2.10. The highest BCUT2D eigenvalue weighted by Gasteiger charge is 2.31. The fourth-order valence-corrected chi connectivity index (χ4v) is 6.45. The Morgan fingerprint density at radius 2 is 1.67 bits per heavy atom. The molecule has 6 rings (SSSR count). The molecule has 0 saturated carbocycles. The summed E-state index contributed by atoms with van der Waals surface area (Å²) in [7, 11) is 4.36. The van der Waals surface area contributed by atoms with E-state index in [-0.39, 0.29) is 6.04 Å². The summed E-state index contributed by atoms with van der Waals surface area (Å²) in [5, 5.41) is 5.29. The standard InChI is InChI=1S/C32H43N7/c1-22-11-13-26-14-12-23(2)35(5)18-19-36(6)32-24(3)31(37-15-9-16-37)33-30-21-28(34-39(30)32)29-10-7-8-17-38(29)25(4)27(26)20-22/h11,13,20-21,29H,2,4,7-10,12,14-19H2,1,3,5-6H3. The molecule has 2 bridgehead atoms. The van der Waals surface area contributed by atoms with Crippen LogP contribution in [0.2, 0.25) is 0 Å². The summed E-state index contributed by atoms with van der Waals surface area (Å²) in [5.74, 6) is 2.24. The Bertz CT molecular complexity index is 1420. The van der Waals surface area contributed by atoms with Crippen molar-refractivity contribution in [3.05, 3.63) is 71.1 Å². The normalized spacial score (nSPS) is 20.9. The van der Waals surface area contributed by atoms with Gasteiger partial charge in [-0.3, -0.25) is 0 Å². The number of rotatable bonds is 1. The quantitative estimate of drug-likeness (QED) is 0.413. The van der Waals surface area contributed by atoms with E-state index in [1.807, 2.05) is 0 Å². The number of piperidine rings is 1. The smallest absolute Gasteiger partial charge is 0.160 e. The second-order valence-electron chi connectivity index (χ2n) is 11.8. The SMILES string of the molecule is C=C1CCc2ccc(C)cc2C(=C)N2CCCCC2c2cc3nc(N4CCC4)c(C)c(n3n2)N(C)CCN1C. The van der Waals surface area contributed by atoms with Crippen LogP contribution in [0.3, 0.4) is 0 Å². The summed E-state index contributed by atoms with van der Waals surface area (Å²) in [4.78, 5) is 14.8. The van der Waals surface area contributed by atoms with E-state index in [9.17, 15) is 0 Å². The molecule has 0 amide bonds. The van der Waals surface area contributed by atoms with Crippen molar-refractivity contribution in [1.29, 1.82) is 0 Å². The monoisotopic (exact) mass is 525 g/mol. The van der Waals surface area contributed by atoms with Gasteiger partial charge in [-0.15, -0.1) is 0 Å². The van der Waals surface area contributed by atoms with E-state index < -0.39 is 0 Å². The molecule has 0 N–H and O–H groups in total. The largest absolute Gasteiger partial charge is 0.377 e. The fraction of sp³-hybridized carbons (Fsp3) is 0.500. The zero-order valence-electron chi connectivity index (χ0n) is 24.2. The van der Waals surface area contributed by atoms with Crippen molar-refractivity contribution in [1.82, 2.24) is 24.4 Å². The first-order valence-electron chi connectivity index (χ1n) is 14.6. The molecule has 2 saturated heterocycles. The lowest BCUT2D eigenvalue weighted by Crippen LogP contribution is -2.39. The van der Waals surface area contributed by atoms with Gasteiger partial charge in [0.05, 0.1) is 11.7 Å². The molecule has 1 atom stereocenters. The molecule has 3 aliphatic heterocycles. The number of anilines is 2. The molecule has 5 heterocycles. The van der Waals surface area contributed by atoms with Gasteiger partial charge in [-0.25, -0.2) is 4.98 Å². The zero-order chi connectivity index (χ0) is 27.3. The number of likely N-dealkylation sites (N-methyl/N-ethyl adjacent to an activating group) is 2. The number of benzene rings is 1. The lowest BCUT2D eigenvalue weighted by molar-refractivity contribution is 0.226. The molecule has 3 aliphatic rings. The van der Waals surface area contributed by atoms with E-state index in [0.29, 0.717) is 0 Å². The molecule has 1 aromatic carbocycles. The third kappa shape index (κ3) is 4.66.